The van der Waals surface area contributed by atoms with Crippen molar-refractivity contribution in [2.75, 3.05) is 0 Å². The third kappa shape index (κ3) is 3.68. The second-order valence-corrected chi connectivity index (χ2v) is 7.45. The van der Waals surface area contributed by atoms with Crippen molar-refractivity contribution in [2.45, 2.75) is 32.6 Å². The highest BCUT2D eigenvalue weighted by molar-refractivity contribution is 7.14. The molecule has 24 heavy (non-hydrogen) atoms. The largest absolute Gasteiger partial charge is 0.281 e. The minimum absolute atomic E-state index is 0.163. The molecule has 0 saturated carbocycles. The van der Waals surface area contributed by atoms with Gasteiger partial charge in [0.1, 0.15) is 5.82 Å². The van der Waals surface area contributed by atoms with Crippen LogP contribution in [0, 0.1) is 11.7 Å². The molecule has 0 bridgehead atoms. The second-order valence-electron chi connectivity index (χ2n) is 5.91. The van der Waals surface area contributed by atoms with E-state index in [0.717, 1.165) is 12.8 Å². The first-order valence-electron chi connectivity index (χ1n) is 7.97. The summed E-state index contributed by atoms with van der Waals surface area (Å²) in [5.41, 5.74) is 3.90. The smallest absolute Gasteiger partial charge is 0.266 e. The maximum atomic E-state index is 13.6. The summed E-state index contributed by atoms with van der Waals surface area (Å²) < 4.78 is 13.6. The maximum absolute atomic E-state index is 13.6. The van der Waals surface area contributed by atoms with Crippen LogP contribution in [0.1, 0.15) is 45.4 Å². The molecule has 0 unspecified atom stereocenters. The SMILES string of the molecule is CC[C@@H]1CCc2sc(C(=O)N/N=C\c3c(F)cccc3Cl)cc2C1. The predicted octanol–water partition coefficient (Wildman–Crippen LogP) is 4.82. The van der Waals surface area contributed by atoms with Crippen molar-refractivity contribution in [1.82, 2.24) is 5.43 Å². The van der Waals surface area contributed by atoms with Crippen molar-refractivity contribution in [2.24, 2.45) is 11.0 Å². The van der Waals surface area contributed by atoms with Crippen molar-refractivity contribution >= 4 is 35.1 Å². The van der Waals surface area contributed by atoms with Crippen molar-refractivity contribution in [3.63, 3.8) is 0 Å². The number of halogens is 2. The van der Waals surface area contributed by atoms with Crippen molar-refractivity contribution < 1.29 is 9.18 Å². The van der Waals surface area contributed by atoms with Gasteiger partial charge >= 0.3 is 0 Å². The molecule has 6 heteroatoms. The number of carbonyl (C=O) groups excluding carboxylic acids is 1. The van der Waals surface area contributed by atoms with Gasteiger partial charge in [-0.3, -0.25) is 4.79 Å². The van der Waals surface area contributed by atoms with Gasteiger partial charge in [-0.05, 0) is 48.9 Å². The monoisotopic (exact) mass is 364 g/mol. The standard InChI is InChI=1S/C18H18ClFN2OS/c1-2-11-6-7-16-12(8-11)9-17(24-16)18(23)22-21-10-13-14(19)4-3-5-15(13)20/h3-5,9-11H,2,6-8H2,1H3,(H,22,23)/b21-10-/t11-/m1/s1. The number of rotatable bonds is 4. The van der Waals surface area contributed by atoms with Crippen LogP contribution >= 0.6 is 22.9 Å². The van der Waals surface area contributed by atoms with E-state index in [-0.39, 0.29) is 16.5 Å². The molecule has 0 radical (unpaired) electrons. The van der Waals surface area contributed by atoms with E-state index in [1.807, 2.05) is 6.07 Å². The molecule has 3 rings (SSSR count). The topological polar surface area (TPSA) is 41.5 Å². The second kappa shape index (κ2) is 7.45. The molecule has 1 amide bonds. The van der Waals surface area contributed by atoms with Gasteiger partial charge in [-0.15, -0.1) is 11.3 Å². The number of amides is 1. The Morgan fingerprint density at radius 1 is 1.54 bits per heavy atom. The van der Waals surface area contributed by atoms with E-state index >= 15 is 0 Å². The van der Waals surface area contributed by atoms with Gasteiger partial charge in [-0.25, -0.2) is 9.82 Å². The van der Waals surface area contributed by atoms with Gasteiger partial charge in [0, 0.05) is 10.4 Å². The van der Waals surface area contributed by atoms with Crippen molar-refractivity contribution in [1.29, 1.82) is 0 Å². The molecule has 1 aliphatic rings. The number of nitrogens with one attached hydrogen (secondary N) is 1. The maximum Gasteiger partial charge on any atom is 0.281 e. The van der Waals surface area contributed by atoms with E-state index in [1.165, 1.54) is 53.0 Å². The number of hydrazone groups is 1. The minimum Gasteiger partial charge on any atom is -0.266 e. The molecule has 1 atom stereocenters. The van der Waals surface area contributed by atoms with Gasteiger partial charge in [0.2, 0.25) is 0 Å². The van der Waals surface area contributed by atoms with E-state index in [0.29, 0.717) is 10.8 Å². The van der Waals surface area contributed by atoms with Crippen LogP contribution < -0.4 is 5.43 Å². The fourth-order valence-corrected chi connectivity index (χ4v) is 4.21. The van der Waals surface area contributed by atoms with Gasteiger partial charge in [0.05, 0.1) is 16.1 Å². The van der Waals surface area contributed by atoms with Crippen LogP contribution in [0.25, 0.3) is 0 Å². The Morgan fingerprint density at radius 2 is 2.38 bits per heavy atom. The van der Waals surface area contributed by atoms with Crippen LogP contribution in [0.15, 0.2) is 29.4 Å². The lowest BCUT2D eigenvalue weighted by atomic mass is 9.87. The highest BCUT2D eigenvalue weighted by atomic mass is 35.5. The van der Waals surface area contributed by atoms with Gasteiger partial charge < -0.3 is 0 Å². The summed E-state index contributed by atoms with van der Waals surface area (Å²) >= 11 is 7.44. The Labute approximate surface area is 149 Å². The summed E-state index contributed by atoms with van der Waals surface area (Å²) in [6.07, 6.45) is 5.68. The molecule has 0 spiro atoms. The fourth-order valence-electron chi connectivity index (χ4n) is 2.90. The number of nitrogens with zero attached hydrogens (tertiary/aromatic N) is 1. The zero-order chi connectivity index (χ0) is 17.1. The molecule has 0 saturated heterocycles. The number of carbonyl (C=O) groups is 1. The van der Waals surface area contributed by atoms with Gasteiger partial charge in [0.25, 0.3) is 5.91 Å². The van der Waals surface area contributed by atoms with Crippen LogP contribution in [0.4, 0.5) is 4.39 Å². The Bertz CT molecular complexity index is 767. The van der Waals surface area contributed by atoms with Crippen molar-refractivity contribution in [3.8, 4) is 0 Å². The zero-order valence-electron chi connectivity index (χ0n) is 13.3. The summed E-state index contributed by atoms with van der Waals surface area (Å²) in [7, 11) is 0. The Hall–Kier alpha value is -1.72. The number of fused-ring (bicyclic) bond motifs is 1. The lowest BCUT2D eigenvalue weighted by molar-refractivity contribution is 0.0959. The van der Waals surface area contributed by atoms with Gasteiger partial charge in [-0.1, -0.05) is 31.0 Å². The van der Waals surface area contributed by atoms with Gasteiger partial charge in [0.15, 0.2) is 0 Å². The summed E-state index contributed by atoms with van der Waals surface area (Å²) in [5.74, 6) is -0.0342. The van der Waals surface area contributed by atoms with E-state index in [4.69, 9.17) is 11.6 Å². The van der Waals surface area contributed by atoms with Gasteiger partial charge in [-0.2, -0.15) is 5.10 Å². The molecule has 1 aliphatic carbocycles. The van der Waals surface area contributed by atoms with Crippen molar-refractivity contribution in [3.05, 3.63) is 56.0 Å². The van der Waals surface area contributed by atoms with Crippen LogP contribution in [0.2, 0.25) is 5.02 Å². The zero-order valence-corrected chi connectivity index (χ0v) is 14.9. The average Bonchev–Trinajstić information content (AvgIpc) is 3.00. The number of hydrogen-bond donors (Lipinski definition) is 1. The molecule has 1 aromatic carbocycles. The summed E-state index contributed by atoms with van der Waals surface area (Å²) in [5, 5.41) is 4.09. The number of benzene rings is 1. The van der Waals surface area contributed by atoms with Crippen LogP contribution in [-0.2, 0) is 12.8 Å². The third-order valence-electron chi connectivity index (χ3n) is 4.35. The quantitative estimate of drug-likeness (QED) is 0.613. The van der Waals surface area contributed by atoms with E-state index in [2.05, 4.69) is 17.5 Å². The molecule has 1 N–H and O–H groups in total. The normalized spacial score (nSPS) is 17.0. The predicted molar refractivity (Wildman–Crippen MR) is 96.6 cm³/mol. The first-order valence-corrected chi connectivity index (χ1v) is 9.17. The molecule has 126 valence electrons. The molecule has 1 heterocycles. The third-order valence-corrected chi connectivity index (χ3v) is 5.91. The summed E-state index contributed by atoms with van der Waals surface area (Å²) in [6, 6.07) is 6.36. The summed E-state index contributed by atoms with van der Waals surface area (Å²) in [6.45, 7) is 2.21. The van der Waals surface area contributed by atoms with E-state index < -0.39 is 5.82 Å². The minimum atomic E-state index is -0.474. The van der Waals surface area contributed by atoms with E-state index in [9.17, 15) is 9.18 Å². The number of thiophene rings is 1. The first kappa shape index (κ1) is 17.1. The molecule has 1 aromatic heterocycles. The average molecular weight is 365 g/mol. The molecule has 3 nitrogen and oxygen atoms in total. The Kier molecular flexibility index (Phi) is 5.31. The van der Waals surface area contributed by atoms with Crippen LogP contribution in [0.5, 0.6) is 0 Å². The van der Waals surface area contributed by atoms with Crippen LogP contribution in [-0.4, -0.2) is 12.1 Å². The number of hydrogen-bond acceptors (Lipinski definition) is 3. The van der Waals surface area contributed by atoms with Crippen LogP contribution in [0.3, 0.4) is 0 Å². The lowest BCUT2D eigenvalue weighted by Gasteiger charge is -2.19. The summed E-state index contributed by atoms with van der Waals surface area (Å²) in [4.78, 5) is 14.2. The molecule has 0 aliphatic heterocycles. The lowest BCUT2D eigenvalue weighted by Crippen LogP contribution is -2.16. The molecule has 2 aromatic rings. The molecular weight excluding hydrogens is 347 g/mol. The van der Waals surface area contributed by atoms with E-state index in [1.54, 1.807) is 6.07 Å². The molecule has 0 fully saturated rings. The highest BCUT2D eigenvalue weighted by Gasteiger charge is 2.21. The molecular formula is C18H18ClFN2OS. The first-order chi connectivity index (χ1) is 11.6. The fraction of sp³-hybridized carbons (Fsp3) is 0.333. The Balaban J connectivity index is 1.68. The highest BCUT2D eigenvalue weighted by Crippen LogP contribution is 2.33. The Morgan fingerprint density at radius 3 is 3.12 bits per heavy atom. The number of aryl methyl sites for hydroxylation is 1.